The number of aromatic nitrogens is 2. The second-order valence-electron chi connectivity index (χ2n) is 6.12. The number of hydrogen-bond donors (Lipinski definition) is 1. The lowest BCUT2D eigenvalue weighted by atomic mass is 10.2. The maximum absolute atomic E-state index is 13.0. The third kappa shape index (κ3) is 3.64. The number of carbonyl (C=O) groups is 1. The van der Waals surface area contributed by atoms with Gasteiger partial charge in [-0.1, -0.05) is 36.4 Å². The van der Waals surface area contributed by atoms with E-state index < -0.39 is 0 Å². The SMILES string of the molecule is CSc1cnn(-c2ccccc2)c1NC(=O)N1CCOc2ccccc2C1. The van der Waals surface area contributed by atoms with Crippen molar-refractivity contribution >= 4 is 23.6 Å². The van der Waals surface area contributed by atoms with Gasteiger partial charge in [0, 0.05) is 5.56 Å². The number of nitrogens with one attached hydrogen (secondary N) is 1. The first kappa shape index (κ1) is 17.5. The monoisotopic (exact) mass is 380 g/mol. The van der Waals surface area contributed by atoms with Gasteiger partial charge < -0.3 is 9.64 Å². The van der Waals surface area contributed by atoms with Crippen LogP contribution in [0.15, 0.2) is 65.7 Å². The van der Waals surface area contributed by atoms with Gasteiger partial charge in [0.25, 0.3) is 0 Å². The number of amides is 2. The van der Waals surface area contributed by atoms with E-state index in [1.807, 2.05) is 60.9 Å². The van der Waals surface area contributed by atoms with Crippen LogP contribution in [0.1, 0.15) is 5.56 Å². The number of benzene rings is 2. The van der Waals surface area contributed by atoms with Crippen molar-refractivity contribution in [1.29, 1.82) is 0 Å². The van der Waals surface area contributed by atoms with Crippen LogP contribution < -0.4 is 10.1 Å². The van der Waals surface area contributed by atoms with Crippen LogP contribution in [0.5, 0.6) is 5.75 Å². The summed E-state index contributed by atoms with van der Waals surface area (Å²) in [6.07, 6.45) is 3.74. The predicted molar refractivity (Wildman–Crippen MR) is 107 cm³/mol. The molecule has 0 atom stereocenters. The number of thioether (sulfide) groups is 1. The van der Waals surface area contributed by atoms with E-state index in [0.29, 0.717) is 25.5 Å². The molecule has 1 N–H and O–H groups in total. The molecule has 0 saturated heterocycles. The lowest BCUT2D eigenvalue weighted by Gasteiger charge is -2.21. The van der Waals surface area contributed by atoms with Crippen molar-refractivity contribution in [3.8, 4) is 11.4 Å². The Morgan fingerprint density at radius 3 is 2.74 bits per heavy atom. The summed E-state index contributed by atoms with van der Waals surface area (Å²) in [7, 11) is 0. The second kappa shape index (κ2) is 7.75. The van der Waals surface area contributed by atoms with Crippen molar-refractivity contribution < 1.29 is 9.53 Å². The van der Waals surface area contributed by atoms with E-state index in [4.69, 9.17) is 4.74 Å². The Morgan fingerprint density at radius 1 is 1.15 bits per heavy atom. The van der Waals surface area contributed by atoms with E-state index >= 15 is 0 Å². The highest BCUT2D eigenvalue weighted by Gasteiger charge is 2.22. The molecule has 6 nitrogen and oxygen atoms in total. The normalized spacial score (nSPS) is 13.4. The number of anilines is 1. The van der Waals surface area contributed by atoms with Crippen LogP contribution in [0, 0.1) is 0 Å². The number of para-hydroxylation sites is 2. The van der Waals surface area contributed by atoms with E-state index in [0.717, 1.165) is 21.9 Å². The number of urea groups is 1. The van der Waals surface area contributed by atoms with Crippen LogP contribution in [0.25, 0.3) is 5.69 Å². The molecule has 2 aromatic carbocycles. The maximum Gasteiger partial charge on any atom is 0.323 e. The Morgan fingerprint density at radius 2 is 1.93 bits per heavy atom. The number of fused-ring (bicyclic) bond motifs is 1. The first-order chi connectivity index (χ1) is 13.3. The van der Waals surface area contributed by atoms with Crippen molar-refractivity contribution in [2.75, 3.05) is 24.7 Å². The van der Waals surface area contributed by atoms with Crippen LogP contribution >= 0.6 is 11.8 Å². The molecule has 2 amide bonds. The number of hydrogen-bond acceptors (Lipinski definition) is 4. The van der Waals surface area contributed by atoms with E-state index in [1.54, 1.807) is 27.5 Å². The fourth-order valence-electron chi connectivity index (χ4n) is 3.04. The van der Waals surface area contributed by atoms with E-state index in [-0.39, 0.29) is 6.03 Å². The highest BCUT2D eigenvalue weighted by atomic mass is 32.2. The van der Waals surface area contributed by atoms with Gasteiger partial charge in [0.05, 0.1) is 29.9 Å². The summed E-state index contributed by atoms with van der Waals surface area (Å²) in [4.78, 5) is 15.7. The van der Waals surface area contributed by atoms with E-state index in [9.17, 15) is 4.79 Å². The molecular weight excluding hydrogens is 360 g/mol. The Labute approximate surface area is 162 Å². The Balaban J connectivity index is 1.59. The fourth-order valence-corrected chi connectivity index (χ4v) is 3.53. The van der Waals surface area contributed by atoms with Gasteiger partial charge in [-0.25, -0.2) is 9.48 Å². The van der Waals surface area contributed by atoms with Crippen LogP contribution in [-0.4, -0.2) is 40.1 Å². The minimum absolute atomic E-state index is 0.164. The average molecular weight is 380 g/mol. The topological polar surface area (TPSA) is 59.4 Å². The Hall–Kier alpha value is -2.93. The number of ether oxygens (including phenoxy) is 1. The van der Waals surface area contributed by atoms with E-state index in [2.05, 4.69) is 10.4 Å². The molecule has 0 saturated carbocycles. The second-order valence-corrected chi connectivity index (χ2v) is 6.96. The summed E-state index contributed by atoms with van der Waals surface area (Å²) in [6, 6.07) is 17.4. The number of carbonyl (C=O) groups excluding carboxylic acids is 1. The zero-order valence-corrected chi connectivity index (χ0v) is 15.8. The van der Waals surface area contributed by atoms with Gasteiger partial charge in [-0.05, 0) is 24.5 Å². The molecule has 27 heavy (non-hydrogen) atoms. The predicted octanol–water partition coefficient (Wildman–Crippen LogP) is 4.02. The first-order valence-electron chi connectivity index (χ1n) is 8.70. The molecule has 0 radical (unpaired) electrons. The zero-order chi connectivity index (χ0) is 18.6. The zero-order valence-electron chi connectivity index (χ0n) is 15.0. The Kier molecular flexibility index (Phi) is 5.02. The van der Waals surface area contributed by atoms with Gasteiger partial charge in [-0.2, -0.15) is 5.10 Å². The summed E-state index contributed by atoms with van der Waals surface area (Å²) >= 11 is 1.55. The minimum Gasteiger partial charge on any atom is -0.491 e. The van der Waals surface area contributed by atoms with Crippen molar-refractivity contribution in [2.24, 2.45) is 0 Å². The maximum atomic E-state index is 13.0. The van der Waals surface area contributed by atoms with Gasteiger partial charge in [0.1, 0.15) is 12.4 Å². The van der Waals surface area contributed by atoms with Crippen molar-refractivity contribution in [3.05, 3.63) is 66.4 Å². The molecule has 0 unspecified atom stereocenters. The number of nitrogens with zero attached hydrogens (tertiary/aromatic N) is 3. The summed E-state index contributed by atoms with van der Waals surface area (Å²) in [5.74, 6) is 1.52. The molecule has 0 aliphatic carbocycles. The van der Waals surface area contributed by atoms with Gasteiger partial charge >= 0.3 is 6.03 Å². The standard InChI is InChI=1S/C20H20N4O2S/c1-27-18-13-21-24(16-8-3-2-4-9-16)19(18)22-20(25)23-11-12-26-17-10-6-5-7-15(17)14-23/h2-10,13H,11-12,14H2,1H3,(H,22,25). The summed E-state index contributed by atoms with van der Waals surface area (Å²) < 4.78 is 7.51. The summed E-state index contributed by atoms with van der Waals surface area (Å²) in [5, 5.41) is 7.50. The highest BCUT2D eigenvalue weighted by Crippen LogP contribution is 2.29. The van der Waals surface area contributed by atoms with Gasteiger partial charge in [-0.3, -0.25) is 5.32 Å². The first-order valence-corrected chi connectivity index (χ1v) is 9.93. The molecule has 1 aromatic heterocycles. The van der Waals surface area contributed by atoms with Gasteiger partial charge in [0.15, 0.2) is 5.82 Å². The lowest BCUT2D eigenvalue weighted by Crippen LogP contribution is -2.36. The molecule has 0 bridgehead atoms. The smallest absolute Gasteiger partial charge is 0.323 e. The number of rotatable bonds is 3. The quantitative estimate of drug-likeness (QED) is 0.697. The molecule has 7 heteroatoms. The molecule has 138 valence electrons. The molecule has 1 aliphatic rings. The van der Waals surface area contributed by atoms with Crippen molar-refractivity contribution in [1.82, 2.24) is 14.7 Å². The molecular formula is C20H20N4O2S. The largest absolute Gasteiger partial charge is 0.491 e. The van der Waals surface area contributed by atoms with Crippen LogP contribution in [0.4, 0.5) is 10.6 Å². The average Bonchev–Trinajstić information content (AvgIpc) is 2.98. The Bertz CT molecular complexity index is 942. The molecule has 2 heterocycles. The minimum atomic E-state index is -0.164. The van der Waals surface area contributed by atoms with Crippen LogP contribution in [0.2, 0.25) is 0 Å². The summed E-state index contributed by atoms with van der Waals surface area (Å²) in [5.41, 5.74) is 1.91. The lowest BCUT2D eigenvalue weighted by molar-refractivity contribution is 0.200. The fraction of sp³-hybridized carbons (Fsp3) is 0.200. The molecule has 4 rings (SSSR count). The van der Waals surface area contributed by atoms with Gasteiger partial charge in [0.2, 0.25) is 0 Å². The molecule has 0 fully saturated rings. The van der Waals surface area contributed by atoms with E-state index in [1.165, 1.54) is 0 Å². The van der Waals surface area contributed by atoms with Gasteiger partial charge in [-0.15, -0.1) is 11.8 Å². The van der Waals surface area contributed by atoms with Crippen LogP contribution in [0.3, 0.4) is 0 Å². The van der Waals surface area contributed by atoms with Crippen LogP contribution in [-0.2, 0) is 6.54 Å². The molecule has 1 aliphatic heterocycles. The third-order valence-corrected chi connectivity index (χ3v) is 5.16. The molecule has 0 spiro atoms. The highest BCUT2D eigenvalue weighted by molar-refractivity contribution is 7.98. The van der Waals surface area contributed by atoms with Crippen molar-refractivity contribution in [2.45, 2.75) is 11.4 Å². The summed E-state index contributed by atoms with van der Waals surface area (Å²) in [6.45, 7) is 1.50. The molecule has 3 aromatic rings. The third-order valence-electron chi connectivity index (χ3n) is 4.42. The van der Waals surface area contributed by atoms with Crippen molar-refractivity contribution in [3.63, 3.8) is 0 Å².